The van der Waals surface area contributed by atoms with Crippen LogP contribution in [0.25, 0.3) is 0 Å². The molecule has 0 heterocycles. The lowest BCUT2D eigenvalue weighted by Crippen LogP contribution is -2.36. The van der Waals surface area contributed by atoms with Crippen LogP contribution in [-0.2, 0) is 16.0 Å². The van der Waals surface area contributed by atoms with E-state index in [0.29, 0.717) is 23.0 Å². The maximum absolute atomic E-state index is 11.9. The van der Waals surface area contributed by atoms with Crippen LogP contribution >= 0.6 is 23.2 Å². The second-order valence-electron chi connectivity index (χ2n) is 4.94. The Morgan fingerprint density at radius 1 is 1.08 bits per heavy atom. The van der Waals surface area contributed by atoms with Gasteiger partial charge in [-0.3, -0.25) is 9.59 Å². The molecule has 0 atom stereocenters. The molecular weight excluding hydrogens is 351 g/mol. The second kappa shape index (κ2) is 8.57. The fraction of sp³-hybridized carbons (Fsp3) is 0.176. The van der Waals surface area contributed by atoms with E-state index in [4.69, 9.17) is 27.9 Å². The van der Waals surface area contributed by atoms with Crippen LogP contribution in [0.3, 0.4) is 0 Å². The first-order valence-corrected chi connectivity index (χ1v) is 7.92. The van der Waals surface area contributed by atoms with Gasteiger partial charge in [-0.15, -0.1) is 0 Å². The minimum atomic E-state index is -0.801. The van der Waals surface area contributed by atoms with Crippen molar-refractivity contribution < 1.29 is 14.3 Å². The first kappa shape index (κ1) is 18.1. The highest BCUT2D eigenvalue weighted by molar-refractivity contribution is 6.42. The predicted octanol–water partition coefficient (Wildman–Crippen LogP) is 3.30. The first-order chi connectivity index (χ1) is 11.5. The molecule has 0 aliphatic carbocycles. The van der Waals surface area contributed by atoms with Crippen molar-refractivity contribution in [1.29, 1.82) is 0 Å². The van der Waals surface area contributed by atoms with E-state index in [2.05, 4.69) is 10.6 Å². The molecule has 24 heavy (non-hydrogen) atoms. The van der Waals surface area contributed by atoms with E-state index in [0.717, 1.165) is 11.3 Å². The fourth-order valence-electron chi connectivity index (χ4n) is 2.00. The van der Waals surface area contributed by atoms with Gasteiger partial charge in [0.15, 0.2) is 0 Å². The number of nitrogens with one attached hydrogen (secondary N) is 2. The van der Waals surface area contributed by atoms with Crippen molar-refractivity contribution in [2.24, 2.45) is 0 Å². The topological polar surface area (TPSA) is 67.4 Å². The van der Waals surface area contributed by atoms with E-state index in [1.54, 1.807) is 19.2 Å². The molecule has 7 heteroatoms. The van der Waals surface area contributed by atoms with Crippen LogP contribution in [0, 0.1) is 0 Å². The van der Waals surface area contributed by atoms with Gasteiger partial charge in [0.2, 0.25) is 0 Å². The Balaban J connectivity index is 1.85. The van der Waals surface area contributed by atoms with Crippen molar-refractivity contribution in [3.63, 3.8) is 0 Å². The van der Waals surface area contributed by atoms with Gasteiger partial charge in [-0.05, 0) is 42.3 Å². The molecule has 0 unspecified atom stereocenters. The van der Waals surface area contributed by atoms with Gasteiger partial charge < -0.3 is 15.4 Å². The van der Waals surface area contributed by atoms with Crippen LogP contribution in [0.15, 0.2) is 42.5 Å². The number of rotatable bonds is 5. The molecule has 2 aromatic rings. The number of methoxy groups -OCH3 is 1. The Morgan fingerprint density at radius 2 is 1.88 bits per heavy atom. The minimum Gasteiger partial charge on any atom is -0.497 e. The third-order valence-corrected chi connectivity index (χ3v) is 3.78. The summed E-state index contributed by atoms with van der Waals surface area (Å²) in [6, 6.07) is 12.1. The smallest absolute Gasteiger partial charge is 0.313 e. The molecular formula is C17H16Cl2N2O3. The molecule has 5 nitrogen and oxygen atoms in total. The molecule has 0 spiro atoms. The zero-order valence-electron chi connectivity index (χ0n) is 12.9. The fourth-order valence-corrected chi connectivity index (χ4v) is 2.34. The molecule has 0 saturated carbocycles. The van der Waals surface area contributed by atoms with Gasteiger partial charge in [0.05, 0.1) is 17.8 Å². The summed E-state index contributed by atoms with van der Waals surface area (Å²) in [7, 11) is 1.59. The lowest BCUT2D eigenvalue weighted by atomic mass is 10.1. The molecule has 0 aliphatic rings. The van der Waals surface area contributed by atoms with Crippen LogP contribution in [0.2, 0.25) is 10.0 Å². The Kier molecular flexibility index (Phi) is 6.46. The van der Waals surface area contributed by atoms with E-state index in [-0.39, 0.29) is 5.69 Å². The number of hydrogen-bond acceptors (Lipinski definition) is 3. The van der Waals surface area contributed by atoms with E-state index in [9.17, 15) is 9.59 Å². The van der Waals surface area contributed by atoms with Gasteiger partial charge in [0.1, 0.15) is 5.75 Å². The summed E-state index contributed by atoms with van der Waals surface area (Å²) < 4.78 is 5.13. The zero-order valence-corrected chi connectivity index (χ0v) is 14.4. The quantitative estimate of drug-likeness (QED) is 0.797. The molecule has 0 bridgehead atoms. The standard InChI is InChI=1S/C17H16Cl2N2O3/c1-24-13-4-2-3-11(9-13)7-8-20-16(22)17(23)21-15-10-12(18)5-6-14(15)19/h2-6,9-10H,7-8H2,1H3,(H,20,22)(H,21,23). The van der Waals surface area contributed by atoms with Crippen LogP contribution in [0.4, 0.5) is 5.69 Å². The van der Waals surface area contributed by atoms with Gasteiger partial charge in [0.25, 0.3) is 0 Å². The van der Waals surface area contributed by atoms with Crippen LogP contribution in [-0.4, -0.2) is 25.5 Å². The van der Waals surface area contributed by atoms with Crippen molar-refractivity contribution in [2.75, 3.05) is 19.0 Å². The Bertz CT molecular complexity index is 750. The first-order valence-electron chi connectivity index (χ1n) is 7.17. The largest absolute Gasteiger partial charge is 0.497 e. The average Bonchev–Trinajstić information content (AvgIpc) is 2.58. The SMILES string of the molecule is COc1cccc(CCNC(=O)C(=O)Nc2cc(Cl)ccc2Cl)c1. The summed E-state index contributed by atoms with van der Waals surface area (Å²) in [4.78, 5) is 23.7. The Hall–Kier alpha value is -2.24. The molecule has 2 aromatic carbocycles. The van der Waals surface area contributed by atoms with Gasteiger partial charge >= 0.3 is 11.8 Å². The van der Waals surface area contributed by atoms with E-state index < -0.39 is 11.8 Å². The summed E-state index contributed by atoms with van der Waals surface area (Å²) >= 11 is 11.8. The number of halogens is 2. The third kappa shape index (κ3) is 5.15. The Labute approximate surface area is 149 Å². The summed E-state index contributed by atoms with van der Waals surface area (Å²) in [5, 5.41) is 5.70. The van der Waals surface area contributed by atoms with Crippen LogP contribution in [0.1, 0.15) is 5.56 Å². The lowest BCUT2D eigenvalue weighted by molar-refractivity contribution is -0.136. The van der Waals surface area contributed by atoms with E-state index in [1.807, 2.05) is 24.3 Å². The van der Waals surface area contributed by atoms with Crippen molar-refractivity contribution in [3.8, 4) is 5.75 Å². The van der Waals surface area contributed by atoms with Gasteiger partial charge in [-0.1, -0.05) is 35.3 Å². The number of hydrogen-bond donors (Lipinski definition) is 2. The molecule has 0 saturated heterocycles. The number of anilines is 1. The second-order valence-corrected chi connectivity index (χ2v) is 5.78. The molecule has 2 rings (SSSR count). The summed E-state index contributed by atoms with van der Waals surface area (Å²) in [6.45, 7) is 0.322. The van der Waals surface area contributed by atoms with Crippen molar-refractivity contribution in [3.05, 3.63) is 58.1 Å². The van der Waals surface area contributed by atoms with Crippen molar-refractivity contribution >= 4 is 40.7 Å². The van der Waals surface area contributed by atoms with Crippen LogP contribution < -0.4 is 15.4 Å². The summed E-state index contributed by atoms with van der Waals surface area (Å²) in [6.07, 6.45) is 0.578. The zero-order chi connectivity index (χ0) is 17.5. The van der Waals surface area contributed by atoms with Crippen molar-refractivity contribution in [1.82, 2.24) is 5.32 Å². The normalized spacial score (nSPS) is 10.1. The molecule has 0 aromatic heterocycles. The third-order valence-electron chi connectivity index (χ3n) is 3.22. The molecule has 2 N–H and O–H groups in total. The maximum atomic E-state index is 11.9. The average molecular weight is 367 g/mol. The van der Waals surface area contributed by atoms with E-state index >= 15 is 0 Å². The molecule has 0 fully saturated rings. The van der Waals surface area contributed by atoms with Crippen molar-refractivity contribution in [2.45, 2.75) is 6.42 Å². The Morgan fingerprint density at radius 3 is 2.62 bits per heavy atom. The maximum Gasteiger partial charge on any atom is 0.313 e. The van der Waals surface area contributed by atoms with E-state index in [1.165, 1.54) is 6.07 Å². The van der Waals surface area contributed by atoms with Gasteiger partial charge in [0, 0.05) is 11.6 Å². The highest BCUT2D eigenvalue weighted by atomic mass is 35.5. The summed E-state index contributed by atoms with van der Waals surface area (Å²) in [5.74, 6) is -0.800. The number of carbonyl (C=O) groups excluding carboxylic acids is 2. The lowest BCUT2D eigenvalue weighted by Gasteiger charge is -2.09. The monoisotopic (exact) mass is 366 g/mol. The molecule has 0 aliphatic heterocycles. The minimum absolute atomic E-state index is 0.289. The highest BCUT2D eigenvalue weighted by Gasteiger charge is 2.14. The number of benzene rings is 2. The van der Waals surface area contributed by atoms with Gasteiger partial charge in [-0.25, -0.2) is 0 Å². The summed E-state index contributed by atoms with van der Waals surface area (Å²) in [5.41, 5.74) is 1.28. The number of ether oxygens (including phenoxy) is 1. The number of amides is 2. The molecule has 126 valence electrons. The molecule has 2 amide bonds. The predicted molar refractivity (Wildman–Crippen MR) is 94.8 cm³/mol. The number of carbonyl (C=O) groups is 2. The van der Waals surface area contributed by atoms with Crippen LogP contribution in [0.5, 0.6) is 5.75 Å². The highest BCUT2D eigenvalue weighted by Crippen LogP contribution is 2.25. The molecule has 0 radical (unpaired) electrons. The van der Waals surface area contributed by atoms with Gasteiger partial charge in [-0.2, -0.15) is 0 Å².